The number of aromatic amines is 1. The van der Waals surface area contributed by atoms with E-state index in [9.17, 15) is 9.90 Å². The number of aromatic nitrogens is 2. The summed E-state index contributed by atoms with van der Waals surface area (Å²) in [6.45, 7) is 2.50. The Kier molecular flexibility index (Phi) is 4.78. The van der Waals surface area contributed by atoms with Gasteiger partial charge in [-0.05, 0) is 38.2 Å². The molecule has 6 heteroatoms. The Bertz CT molecular complexity index is 519. The summed E-state index contributed by atoms with van der Waals surface area (Å²) in [5.41, 5.74) is -0.672. The summed E-state index contributed by atoms with van der Waals surface area (Å²) in [5, 5.41) is 20.5. The second-order valence-corrected chi connectivity index (χ2v) is 6.68. The molecule has 2 heterocycles. The molecule has 0 radical (unpaired) electrons. The minimum absolute atomic E-state index is 0.168. The maximum Gasteiger partial charge on any atom is 0.264 e. The van der Waals surface area contributed by atoms with Gasteiger partial charge in [0.1, 0.15) is 5.82 Å². The molecule has 122 valence electrons. The first-order valence-electron chi connectivity index (χ1n) is 8.42. The number of piperidine rings is 1. The van der Waals surface area contributed by atoms with E-state index >= 15 is 0 Å². The van der Waals surface area contributed by atoms with Crippen molar-refractivity contribution >= 4 is 5.82 Å². The first-order chi connectivity index (χ1) is 10.7. The number of anilines is 1. The summed E-state index contributed by atoms with van der Waals surface area (Å²) >= 11 is 0. The summed E-state index contributed by atoms with van der Waals surface area (Å²) in [4.78, 5) is 13.4. The summed E-state index contributed by atoms with van der Waals surface area (Å²) in [5.74, 6) is 0.839. The molecule has 3 rings (SSSR count). The zero-order chi connectivity index (χ0) is 15.4. The molecule has 1 saturated heterocycles. The highest BCUT2D eigenvalue weighted by molar-refractivity contribution is 5.38. The molecule has 3 N–H and O–H groups in total. The highest BCUT2D eigenvalue weighted by atomic mass is 16.3. The lowest BCUT2D eigenvalue weighted by Gasteiger charge is -2.37. The maximum atomic E-state index is 11.2. The summed E-state index contributed by atoms with van der Waals surface area (Å²) in [7, 11) is 0. The molecule has 2 aliphatic rings. The number of aliphatic hydroxyl groups is 1. The van der Waals surface area contributed by atoms with E-state index < -0.39 is 5.60 Å². The zero-order valence-electron chi connectivity index (χ0n) is 13.1. The number of hydrogen-bond donors (Lipinski definition) is 3. The average Bonchev–Trinajstić information content (AvgIpc) is 2.96. The van der Waals surface area contributed by atoms with Crippen LogP contribution in [-0.4, -0.2) is 46.6 Å². The Morgan fingerprint density at radius 3 is 2.86 bits per heavy atom. The molecule has 22 heavy (non-hydrogen) atoms. The first kappa shape index (κ1) is 15.5. The average molecular weight is 306 g/mol. The SMILES string of the molecule is O=c1ccc(N2CCCCC2CNCC2(O)CCCC2)n[nH]1. The maximum absolute atomic E-state index is 11.2. The van der Waals surface area contributed by atoms with Crippen LogP contribution in [0.5, 0.6) is 0 Å². The third kappa shape index (κ3) is 3.67. The van der Waals surface area contributed by atoms with Crippen LogP contribution in [0.15, 0.2) is 16.9 Å². The second-order valence-electron chi connectivity index (χ2n) is 6.68. The van der Waals surface area contributed by atoms with E-state index in [4.69, 9.17) is 0 Å². The molecule has 2 fully saturated rings. The molecule has 0 bridgehead atoms. The predicted octanol–water partition coefficient (Wildman–Crippen LogP) is 1.02. The Balaban J connectivity index is 1.58. The number of nitrogens with one attached hydrogen (secondary N) is 2. The van der Waals surface area contributed by atoms with Crippen LogP contribution < -0.4 is 15.8 Å². The van der Waals surface area contributed by atoms with Crippen LogP contribution in [-0.2, 0) is 0 Å². The van der Waals surface area contributed by atoms with Gasteiger partial charge in [0.2, 0.25) is 0 Å². The van der Waals surface area contributed by atoms with Crippen LogP contribution in [0.1, 0.15) is 44.9 Å². The lowest BCUT2D eigenvalue weighted by molar-refractivity contribution is 0.0474. The molecule has 1 aliphatic carbocycles. The molecule has 1 unspecified atom stereocenters. The fraction of sp³-hybridized carbons (Fsp3) is 0.750. The second kappa shape index (κ2) is 6.79. The van der Waals surface area contributed by atoms with Crippen molar-refractivity contribution < 1.29 is 5.11 Å². The molecule has 0 aromatic carbocycles. The van der Waals surface area contributed by atoms with Gasteiger partial charge in [0, 0.05) is 31.7 Å². The molecule has 0 amide bonds. The number of rotatable bonds is 5. The van der Waals surface area contributed by atoms with E-state index in [1.807, 2.05) is 0 Å². The van der Waals surface area contributed by atoms with Gasteiger partial charge < -0.3 is 15.3 Å². The molecule has 1 atom stereocenters. The van der Waals surface area contributed by atoms with Gasteiger partial charge in [0.05, 0.1) is 5.60 Å². The van der Waals surface area contributed by atoms with Gasteiger partial charge in [-0.15, -0.1) is 0 Å². The summed E-state index contributed by atoms with van der Waals surface area (Å²) < 4.78 is 0. The van der Waals surface area contributed by atoms with Crippen molar-refractivity contribution in [2.45, 2.75) is 56.6 Å². The van der Waals surface area contributed by atoms with Crippen molar-refractivity contribution in [2.24, 2.45) is 0 Å². The van der Waals surface area contributed by atoms with Gasteiger partial charge in [-0.1, -0.05) is 12.8 Å². The van der Waals surface area contributed by atoms with Gasteiger partial charge in [-0.2, -0.15) is 5.10 Å². The highest BCUT2D eigenvalue weighted by Crippen LogP contribution is 2.28. The smallest absolute Gasteiger partial charge is 0.264 e. The molecule has 1 aliphatic heterocycles. The van der Waals surface area contributed by atoms with E-state index in [1.54, 1.807) is 6.07 Å². The van der Waals surface area contributed by atoms with Crippen molar-refractivity contribution in [1.82, 2.24) is 15.5 Å². The Hall–Kier alpha value is -1.40. The van der Waals surface area contributed by atoms with Crippen molar-refractivity contribution in [2.75, 3.05) is 24.5 Å². The lowest BCUT2D eigenvalue weighted by Crippen LogP contribution is -2.49. The Morgan fingerprint density at radius 2 is 2.14 bits per heavy atom. The quantitative estimate of drug-likeness (QED) is 0.757. The number of H-pyrrole nitrogens is 1. The van der Waals surface area contributed by atoms with E-state index in [0.717, 1.165) is 57.4 Å². The van der Waals surface area contributed by atoms with Crippen molar-refractivity contribution in [3.63, 3.8) is 0 Å². The van der Waals surface area contributed by atoms with Gasteiger partial charge in [0.25, 0.3) is 5.56 Å². The van der Waals surface area contributed by atoms with E-state index in [-0.39, 0.29) is 5.56 Å². The highest BCUT2D eigenvalue weighted by Gasteiger charge is 2.31. The fourth-order valence-corrected chi connectivity index (χ4v) is 3.69. The Labute approximate surface area is 130 Å². The van der Waals surface area contributed by atoms with Crippen molar-refractivity contribution in [3.05, 3.63) is 22.5 Å². The largest absolute Gasteiger partial charge is 0.389 e. The molecule has 6 nitrogen and oxygen atoms in total. The van der Waals surface area contributed by atoms with Crippen LogP contribution >= 0.6 is 0 Å². The minimum Gasteiger partial charge on any atom is -0.389 e. The van der Waals surface area contributed by atoms with Gasteiger partial charge in [-0.25, -0.2) is 5.10 Å². The molecular formula is C16H26N4O2. The molecule has 1 saturated carbocycles. The van der Waals surface area contributed by atoms with Crippen LogP contribution in [0.3, 0.4) is 0 Å². The third-order valence-corrected chi connectivity index (χ3v) is 4.95. The number of hydrogen-bond acceptors (Lipinski definition) is 5. The normalized spacial score (nSPS) is 24.6. The van der Waals surface area contributed by atoms with Crippen LogP contribution in [0.2, 0.25) is 0 Å². The molecule has 1 aromatic heterocycles. The van der Waals surface area contributed by atoms with Crippen LogP contribution in [0.4, 0.5) is 5.82 Å². The van der Waals surface area contributed by atoms with Crippen LogP contribution in [0.25, 0.3) is 0 Å². The van der Waals surface area contributed by atoms with Gasteiger partial charge in [-0.3, -0.25) is 4.79 Å². The summed E-state index contributed by atoms with van der Waals surface area (Å²) in [6, 6.07) is 3.70. The van der Waals surface area contributed by atoms with Crippen molar-refractivity contribution in [1.29, 1.82) is 0 Å². The Morgan fingerprint density at radius 1 is 1.32 bits per heavy atom. The van der Waals surface area contributed by atoms with E-state index in [0.29, 0.717) is 12.6 Å². The van der Waals surface area contributed by atoms with Gasteiger partial charge >= 0.3 is 0 Å². The standard InChI is InChI=1S/C16H26N4O2/c21-15-7-6-14(18-19-15)20-10-4-1-5-13(20)11-17-12-16(22)8-2-3-9-16/h6-7,13,17,22H,1-5,8-12H2,(H,19,21). The topological polar surface area (TPSA) is 81.2 Å². The molecule has 0 spiro atoms. The lowest BCUT2D eigenvalue weighted by atomic mass is 10.00. The van der Waals surface area contributed by atoms with Crippen LogP contribution in [0, 0.1) is 0 Å². The predicted molar refractivity (Wildman–Crippen MR) is 86.1 cm³/mol. The first-order valence-corrected chi connectivity index (χ1v) is 8.42. The van der Waals surface area contributed by atoms with E-state index in [2.05, 4.69) is 20.4 Å². The number of nitrogens with zero attached hydrogens (tertiary/aromatic N) is 2. The minimum atomic E-state index is -0.504. The summed E-state index contributed by atoms with van der Waals surface area (Å²) in [6.07, 6.45) is 7.58. The fourth-order valence-electron chi connectivity index (χ4n) is 3.69. The zero-order valence-corrected chi connectivity index (χ0v) is 13.1. The van der Waals surface area contributed by atoms with E-state index in [1.165, 1.54) is 12.5 Å². The van der Waals surface area contributed by atoms with Crippen molar-refractivity contribution in [3.8, 4) is 0 Å². The monoisotopic (exact) mass is 306 g/mol. The third-order valence-electron chi connectivity index (χ3n) is 4.95. The molecule has 1 aromatic rings. The van der Waals surface area contributed by atoms with Gasteiger partial charge in [0.15, 0.2) is 0 Å². The molecular weight excluding hydrogens is 280 g/mol.